The maximum atomic E-state index is 3.56. The van der Waals surface area contributed by atoms with Crippen LogP contribution in [-0.2, 0) is 16.5 Å². The molecule has 0 saturated heterocycles. The molecule has 0 N–H and O–H groups in total. The molecule has 0 nitrogen and oxygen atoms in total. The van der Waals surface area contributed by atoms with Crippen LogP contribution < -0.4 is 0 Å². The molecular weight excluding hydrogens is 179 g/mol. The summed E-state index contributed by atoms with van der Waals surface area (Å²) < 4.78 is 0. The number of hydrogen-bond donors (Lipinski definition) is 0. The molecule has 1 heteroatoms. The quantitative estimate of drug-likeness (QED) is 0.467. The fourth-order valence-corrected chi connectivity index (χ4v) is 0. The van der Waals surface area contributed by atoms with E-state index in [4.69, 9.17) is 0 Å². The van der Waals surface area contributed by atoms with Crippen molar-refractivity contribution >= 4 is 0 Å². The van der Waals surface area contributed by atoms with Crippen LogP contribution in [0.3, 0.4) is 0 Å². The van der Waals surface area contributed by atoms with Crippen molar-refractivity contribution in [1.82, 2.24) is 0 Å². The van der Waals surface area contributed by atoms with E-state index in [2.05, 4.69) is 26.3 Å². The molecule has 66 valence electrons. The third kappa shape index (κ3) is 44.0. The summed E-state index contributed by atoms with van der Waals surface area (Å²) in [7, 11) is 0. The molecule has 0 spiro atoms. The zero-order valence-electron chi connectivity index (χ0n) is 7.30. The molecule has 0 heterocycles. The molecule has 0 amide bonds. The van der Waals surface area contributed by atoms with Crippen LogP contribution in [0.4, 0.5) is 0 Å². The van der Waals surface area contributed by atoms with Crippen LogP contribution in [0, 0.1) is 0 Å². The first kappa shape index (κ1) is 16.8. The van der Waals surface area contributed by atoms with E-state index in [0.29, 0.717) is 0 Å². The number of rotatable bonds is 2. The van der Waals surface area contributed by atoms with Crippen molar-refractivity contribution in [2.24, 2.45) is 0 Å². The summed E-state index contributed by atoms with van der Waals surface area (Å²) in [6.07, 6.45) is 3.44. The predicted molar refractivity (Wildman–Crippen MR) is 50.0 cm³/mol. The minimum atomic E-state index is 0. The average Bonchev–Trinajstić information content (AvgIpc) is 1.89. The Morgan fingerprint density at radius 1 is 0.909 bits per heavy atom. The summed E-state index contributed by atoms with van der Waals surface area (Å²) in [5.41, 5.74) is 2.04. The first-order valence-corrected chi connectivity index (χ1v) is 3.10. The maximum Gasteiger partial charge on any atom is 0 e. The summed E-state index contributed by atoms with van der Waals surface area (Å²) in [6, 6.07) is 0. The van der Waals surface area contributed by atoms with Crippen LogP contribution in [0.15, 0.2) is 49.6 Å². The molecule has 0 aromatic heterocycles. The normalized spacial score (nSPS) is 6.00. The van der Waals surface area contributed by atoms with Gasteiger partial charge in [-0.05, 0) is 13.8 Å². The molecule has 0 aliphatic rings. The minimum absolute atomic E-state index is 0. The number of hydrogen-bond acceptors (Lipinski definition) is 0. The van der Waals surface area contributed by atoms with Crippen molar-refractivity contribution in [2.75, 3.05) is 0 Å². The SMILES string of the molecule is C=CC(=C)C.C=CC(=C)C.[Ni]. The molecule has 0 fully saturated rings. The predicted octanol–water partition coefficient (Wildman–Crippen LogP) is 3.49. The molecule has 0 radical (unpaired) electrons. The van der Waals surface area contributed by atoms with E-state index in [-0.39, 0.29) is 16.5 Å². The Morgan fingerprint density at radius 3 is 1.00 bits per heavy atom. The Morgan fingerprint density at radius 2 is 1.00 bits per heavy atom. The van der Waals surface area contributed by atoms with Gasteiger partial charge >= 0.3 is 0 Å². The Bertz CT molecular complexity index is 125. The van der Waals surface area contributed by atoms with Crippen LogP contribution in [0.1, 0.15) is 13.8 Å². The molecule has 0 aromatic rings. The fraction of sp³-hybridized carbons (Fsp3) is 0.200. The second kappa shape index (κ2) is 12.2. The molecule has 0 aliphatic heterocycles. The van der Waals surface area contributed by atoms with Gasteiger partial charge in [-0.25, -0.2) is 0 Å². The molecule has 11 heavy (non-hydrogen) atoms. The van der Waals surface area contributed by atoms with Crippen molar-refractivity contribution in [2.45, 2.75) is 13.8 Å². The first-order valence-electron chi connectivity index (χ1n) is 3.10. The summed E-state index contributed by atoms with van der Waals surface area (Å²) in [5.74, 6) is 0. The monoisotopic (exact) mass is 194 g/mol. The van der Waals surface area contributed by atoms with Gasteiger partial charge in [-0.1, -0.05) is 49.6 Å². The van der Waals surface area contributed by atoms with E-state index in [1.165, 1.54) is 0 Å². The second-order valence-corrected chi connectivity index (χ2v) is 2.10. The third-order valence-electron chi connectivity index (χ3n) is 0.697. The zero-order valence-corrected chi connectivity index (χ0v) is 8.29. The zero-order chi connectivity index (χ0) is 8.57. The van der Waals surface area contributed by atoms with Crippen molar-refractivity contribution in [3.8, 4) is 0 Å². The van der Waals surface area contributed by atoms with Gasteiger partial charge in [-0.15, -0.1) is 0 Å². The molecule has 0 rings (SSSR count). The third-order valence-corrected chi connectivity index (χ3v) is 0.697. The summed E-state index contributed by atoms with van der Waals surface area (Å²) in [5, 5.41) is 0. The van der Waals surface area contributed by atoms with Gasteiger partial charge in [0.2, 0.25) is 0 Å². The van der Waals surface area contributed by atoms with Gasteiger partial charge in [-0.3, -0.25) is 0 Å². The molecule has 0 bridgehead atoms. The van der Waals surface area contributed by atoms with Gasteiger partial charge in [0.15, 0.2) is 0 Å². The van der Waals surface area contributed by atoms with Crippen LogP contribution in [0.25, 0.3) is 0 Å². The molecular formula is C10H16Ni. The van der Waals surface area contributed by atoms with Crippen molar-refractivity contribution in [3.63, 3.8) is 0 Å². The van der Waals surface area contributed by atoms with E-state index in [1.54, 1.807) is 12.2 Å². The maximum absolute atomic E-state index is 3.56. The molecule has 0 aromatic carbocycles. The summed E-state index contributed by atoms with van der Waals surface area (Å²) in [4.78, 5) is 0. The Balaban J connectivity index is -0.000000107. The van der Waals surface area contributed by atoms with E-state index >= 15 is 0 Å². The van der Waals surface area contributed by atoms with Crippen molar-refractivity contribution in [1.29, 1.82) is 0 Å². The standard InChI is InChI=1S/2C5H8.Ni/c2*1-4-5(2)3;/h2*4H,1-2H2,3H3;. The largest absolute Gasteiger partial charge is 0.0988 e. The van der Waals surface area contributed by atoms with Gasteiger partial charge in [-0.2, -0.15) is 0 Å². The smallest absolute Gasteiger partial charge is 0 e. The number of allylic oxidation sites excluding steroid dienone is 4. The van der Waals surface area contributed by atoms with Crippen LogP contribution in [0.2, 0.25) is 0 Å². The van der Waals surface area contributed by atoms with Crippen LogP contribution in [0.5, 0.6) is 0 Å². The Hall–Kier alpha value is -0.546. The fourth-order valence-electron chi connectivity index (χ4n) is 0. The van der Waals surface area contributed by atoms with Crippen molar-refractivity contribution in [3.05, 3.63) is 49.6 Å². The minimum Gasteiger partial charge on any atom is -0.0988 e. The van der Waals surface area contributed by atoms with E-state index in [1.807, 2.05) is 13.8 Å². The van der Waals surface area contributed by atoms with Gasteiger partial charge in [0, 0.05) is 16.5 Å². The molecule has 0 aliphatic carbocycles. The molecule has 0 unspecified atom stereocenters. The summed E-state index contributed by atoms with van der Waals surface area (Å²) >= 11 is 0. The van der Waals surface area contributed by atoms with E-state index in [9.17, 15) is 0 Å². The molecule has 0 atom stereocenters. The van der Waals surface area contributed by atoms with Gasteiger partial charge in [0.25, 0.3) is 0 Å². The van der Waals surface area contributed by atoms with Gasteiger partial charge < -0.3 is 0 Å². The second-order valence-electron chi connectivity index (χ2n) is 2.10. The molecule has 0 saturated carbocycles. The van der Waals surface area contributed by atoms with Gasteiger partial charge in [0.1, 0.15) is 0 Å². The average molecular weight is 195 g/mol. The Labute approximate surface area is 80.3 Å². The van der Waals surface area contributed by atoms with Crippen LogP contribution in [-0.4, -0.2) is 0 Å². The Kier molecular flexibility index (Phi) is 18.6. The first-order chi connectivity index (χ1) is 4.54. The van der Waals surface area contributed by atoms with Gasteiger partial charge in [0.05, 0.1) is 0 Å². The topological polar surface area (TPSA) is 0 Å². The van der Waals surface area contributed by atoms with Crippen molar-refractivity contribution < 1.29 is 16.5 Å². The summed E-state index contributed by atoms with van der Waals surface area (Å²) in [6.45, 7) is 17.9. The van der Waals surface area contributed by atoms with E-state index in [0.717, 1.165) is 11.1 Å². The van der Waals surface area contributed by atoms with Crippen LogP contribution >= 0.6 is 0 Å². The van der Waals surface area contributed by atoms with E-state index < -0.39 is 0 Å².